The largest absolute Gasteiger partial charge is 0.427 e. The molecule has 0 saturated heterocycles. The highest BCUT2D eigenvalue weighted by Crippen LogP contribution is 2.16. The van der Waals surface area contributed by atoms with E-state index in [0.717, 1.165) is 16.9 Å². The Bertz CT molecular complexity index is 692. The normalized spacial score (nSPS) is 11.0. The van der Waals surface area contributed by atoms with Crippen LogP contribution >= 0.6 is 0 Å². The second-order valence-corrected chi connectivity index (χ2v) is 5.17. The van der Waals surface area contributed by atoms with Gasteiger partial charge in [0.05, 0.1) is 5.69 Å². The molecule has 0 atom stereocenters. The first-order valence-electron chi connectivity index (χ1n) is 7.11. The molecule has 6 heteroatoms. The summed E-state index contributed by atoms with van der Waals surface area (Å²) in [5.41, 5.74) is 11.5. The molecule has 0 aliphatic carbocycles. The fourth-order valence-electron chi connectivity index (χ4n) is 1.88. The van der Waals surface area contributed by atoms with Gasteiger partial charge < -0.3 is 15.4 Å². The lowest BCUT2D eigenvalue weighted by atomic mass is 10.2. The minimum atomic E-state index is -0.353. The van der Waals surface area contributed by atoms with Crippen LogP contribution in [0.2, 0.25) is 0 Å². The van der Waals surface area contributed by atoms with Crippen LogP contribution in [0, 0.1) is 0 Å². The van der Waals surface area contributed by atoms with Crippen LogP contribution in [0.1, 0.15) is 12.5 Å². The SMILES string of the molecule is CC(=O)Oc1ccc(N/N=C(\N)c2ccc(N(C)C)cc2)cc1. The molecule has 0 spiro atoms. The monoisotopic (exact) mass is 312 g/mol. The number of nitrogens with zero attached hydrogens (tertiary/aromatic N) is 2. The number of rotatable bonds is 5. The minimum absolute atomic E-state index is 0.353. The van der Waals surface area contributed by atoms with E-state index in [0.29, 0.717) is 11.6 Å². The van der Waals surface area contributed by atoms with Gasteiger partial charge in [0.1, 0.15) is 5.75 Å². The number of esters is 1. The van der Waals surface area contributed by atoms with E-state index in [-0.39, 0.29) is 5.97 Å². The zero-order chi connectivity index (χ0) is 16.8. The van der Waals surface area contributed by atoms with Crippen LogP contribution in [0.15, 0.2) is 53.6 Å². The van der Waals surface area contributed by atoms with Crippen molar-refractivity contribution in [1.29, 1.82) is 0 Å². The van der Waals surface area contributed by atoms with Gasteiger partial charge in [-0.1, -0.05) is 0 Å². The van der Waals surface area contributed by atoms with Crippen molar-refractivity contribution in [2.75, 3.05) is 24.4 Å². The van der Waals surface area contributed by atoms with Gasteiger partial charge in [-0.15, -0.1) is 0 Å². The zero-order valence-electron chi connectivity index (χ0n) is 13.4. The molecular weight excluding hydrogens is 292 g/mol. The summed E-state index contributed by atoms with van der Waals surface area (Å²) >= 11 is 0. The first-order valence-corrected chi connectivity index (χ1v) is 7.11. The molecule has 23 heavy (non-hydrogen) atoms. The molecule has 2 aromatic carbocycles. The molecule has 0 fully saturated rings. The molecule has 0 saturated carbocycles. The lowest BCUT2D eigenvalue weighted by Crippen LogP contribution is -2.16. The van der Waals surface area contributed by atoms with Crippen LogP contribution < -0.4 is 20.8 Å². The zero-order valence-corrected chi connectivity index (χ0v) is 13.4. The fraction of sp³-hybridized carbons (Fsp3) is 0.176. The Kier molecular flexibility index (Phi) is 5.19. The summed E-state index contributed by atoms with van der Waals surface area (Å²) in [4.78, 5) is 12.9. The van der Waals surface area contributed by atoms with E-state index in [1.807, 2.05) is 43.3 Å². The molecule has 3 N–H and O–H groups in total. The third kappa shape index (κ3) is 4.74. The van der Waals surface area contributed by atoms with Crippen LogP contribution in [0.3, 0.4) is 0 Å². The second-order valence-electron chi connectivity index (χ2n) is 5.17. The Morgan fingerprint density at radius 1 is 1.09 bits per heavy atom. The fourth-order valence-corrected chi connectivity index (χ4v) is 1.88. The summed E-state index contributed by atoms with van der Waals surface area (Å²) < 4.78 is 4.96. The molecule has 0 unspecified atom stereocenters. The average Bonchev–Trinajstić information content (AvgIpc) is 2.53. The van der Waals surface area contributed by atoms with E-state index in [9.17, 15) is 4.79 Å². The maximum Gasteiger partial charge on any atom is 0.308 e. The highest BCUT2D eigenvalue weighted by Gasteiger charge is 2.01. The highest BCUT2D eigenvalue weighted by molar-refractivity contribution is 5.98. The number of carbonyl (C=O) groups is 1. The maximum absolute atomic E-state index is 10.9. The Morgan fingerprint density at radius 3 is 2.22 bits per heavy atom. The third-order valence-corrected chi connectivity index (χ3v) is 3.10. The molecule has 2 aromatic rings. The number of benzene rings is 2. The highest BCUT2D eigenvalue weighted by atomic mass is 16.5. The Hall–Kier alpha value is -3.02. The molecule has 0 heterocycles. The summed E-state index contributed by atoms with van der Waals surface area (Å²) in [6.45, 7) is 1.36. The number of amidine groups is 1. The van der Waals surface area contributed by atoms with Crippen molar-refractivity contribution >= 4 is 23.2 Å². The van der Waals surface area contributed by atoms with Gasteiger partial charge in [-0.3, -0.25) is 10.2 Å². The number of nitrogens with two attached hydrogens (primary N) is 1. The van der Waals surface area contributed by atoms with Gasteiger partial charge in [-0.2, -0.15) is 5.10 Å². The summed E-state index contributed by atoms with van der Waals surface area (Å²) in [5.74, 6) is 0.521. The van der Waals surface area contributed by atoms with Gasteiger partial charge in [0.2, 0.25) is 0 Å². The summed E-state index contributed by atoms with van der Waals surface area (Å²) in [7, 11) is 3.96. The molecule has 0 aliphatic heterocycles. The Labute approximate surface area is 135 Å². The van der Waals surface area contributed by atoms with Crippen molar-refractivity contribution in [2.24, 2.45) is 10.8 Å². The van der Waals surface area contributed by atoms with E-state index in [4.69, 9.17) is 10.5 Å². The molecule has 0 aliphatic rings. The topological polar surface area (TPSA) is 79.9 Å². The van der Waals surface area contributed by atoms with Gasteiger partial charge in [0.25, 0.3) is 0 Å². The van der Waals surface area contributed by atoms with Crippen LogP contribution in [0.25, 0.3) is 0 Å². The van der Waals surface area contributed by atoms with Gasteiger partial charge >= 0.3 is 5.97 Å². The molecule has 0 aromatic heterocycles. The smallest absolute Gasteiger partial charge is 0.308 e. The predicted molar refractivity (Wildman–Crippen MR) is 92.9 cm³/mol. The van der Waals surface area contributed by atoms with Gasteiger partial charge in [-0.05, 0) is 48.5 Å². The summed E-state index contributed by atoms with van der Waals surface area (Å²) in [6, 6.07) is 14.7. The number of nitrogens with one attached hydrogen (secondary N) is 1. The second kappa shape index (κ2) is 7.31. The van der Waals surface area contributed by atoms with E-state index in [2.05, 4.69) is 10.5 Å². The number of hydrogen-bond acceptors (Lipinski definition) is 5. The molecule has 6 nitrogen and oxygen atoms in total. The van der Waals surface area contributed by atoms with Crippen LogP contribution in [-0.2, 0) is 4.79 Å². The van der Waals surface area contributed by atoms with E-state index in [1.54, 1.807) is 24.3 Å². The average molecular weight is 312 g/mol. The standard InChI is InChI=1S/C17H20N4O2/c1-12(22)23-16-10-6-14(7-11-16)19-20-17(18)13-4-8-15(9-5-13)21(2)3/h4-11,19H,1-3H3,(H2,18,20). The lowest BCUT2D eigenvalue weighted by Gasteiger charge is -2.12. The quantitative estimate of drug-likeness (QED) is 0.291. The van der Waals surface area contributed by atoms with E-state index >= 15 is 0 Å². The Morgan fingerprint density at radius 2 is 1.70 bits per heavy atom. The summed E-state index contributed by atoms with van der Waals surface area (Å²) in [6.07, 6.45) is 0. The molecule has 0 bridgehead atoms. The van der Waals surface area contributed by atoms with Crippen LogP contribution in [0.5, 0.6) is 5.75 Å². The predicted octanol–water partition coefficient (Wildman–Crippen LogP) is 2.41. The van der Waals surface area contributed by atoms with Crippen molar-refractivity contribution in [2.45, 2.75) is 6.92 Å². The molecule has 0 radical (unpaired) electrons. The van der Waals surface area contributed by atoms with E-state index in [1.165, 1.54) is 6.92 Å². The van der Waals surface area contributed by atoms with Gasteiger partial charge in [0.15, 0.2) is 5.84 Å². The molecular formula is C17H20N4O2. The van der Waals surface area contributed by atoms with Crippen molar-refractivity contribution in [3.8, 4) is 5.75 Å². The van der Waals surface area contributed by atoms with Crippen molar-refractivity contribution in [3.63, 3.8) is 0 Å². The summed E-state index contributed by atoms with van der Waals surface area (Å²) in [5, 5.41) is 4.15. The first kappa shape index (κ1) is 16.4. The Balaban J connectivity index is 2.02. The van der Waals surface area contributed by atoms with Gasteiger partial charge in [-0.25, -0.2) is 0 Å². The first-order chi connectivity index (χ1) is 11.0. The van der Waals surface area contributed by atoms with Gasteiger partial charge in [0, 0.05) is 32.3 Å². The minimum Gasteiger partial charge on any atom is -0.427 e. The van der Waals surface area contributed by atoms with Crippen molar-refractivity contribution in [3.05, 3.63) is 54.1 Å². The number of hydrogen-bond donors (Lipinski definition) is 2. The number of anilines is 2. The molecule has 0 amide bonds. The number of ether oxygens (including phenoxy) is 1. The number of carbonyl (C=O) groups excluding carboxylic acids is 1. The maximum atomic E-state index is 10.9. The third-order valence-electron chi connectivity index (χ3n) is 3.10. The lowest BCUT2D eigenvalue weighted by molar-refractivity contribution is -0.131. The van der Waals surface area contributed by atoms with Crippen molar-refractivity contribution in [1.82, 2.24) is 0 Å². The molecule has 120 valence electrons. The number of hydrazone groups is 1. The van der Waals surface area contributed by atoms with Crippen LogP contribution in [-0.4, -0.2) is 25.9 Å². The van der Waals surface area contributed by atoms with Crippen molar-refractivity contribution < 1.29 is 9.53 Å². The van der Waals surface area contributed by atoms with E-state index < -0.39 is 0 Å². The molecule has 2 rings (SSSR count). The van der Waals surface area contributed by atoms with Crippen LogP contribution in [0.4, 0.5) is 11.4 Å².